The third kappa shape index (κ3) is 2.89. The smallest absolute Gasteiger partial charge is 0.335 e. The Morgan fingerprint density at radius 3 is 2.81 bits per heavy atom. The number of aromatic carboxylic acids is 1. The van der Waals surface area contributed by atoms with Crippen LogP contribution in [-0.2, 0) is 0 Å². The zero-order chi connectivity index (χ0) is 12.0. The van der Waals surface area contributed by atoms with Crippen molar-refractivity contribution in [2.24, 2.45) is 0 Å². The molecule has 0 aromatic heterocycles. The Kier molecular flexibility index (Phi) is 4.16. The van der Waals surface area contributed by atoms with Crippen molar-refractivity contribution in [2.45, 2.75) is 6.42 Å². The lowest BCUT2D eigenvalue weighted by molar-refractivity contribution is 0.0696. The van der Waals surface area contributed by atoms with Gasteiger partial charge >= 0.3 is 5.97 Å². The third-order valence-electron chi connectivity index (χ3n) is 1.88. The number of carbonyl (C=O) groups is 1. The largest absolute Gasteiger partial charge is 0.493 e. The van der Waals surface area contributed by atoms with Crippen molar-refractivity contribution in [1.29, 1.82) is 5.26 Å². The van der Waals surface area contributed by atoms with Gasteiger partial charge in [0, 0.05) is 0 Å². The second kappa shape index (κ2) is 5.61. The van der Waals surface area contributed by atoms with E-state index in [1.54, 1.807) is 0 Å². The normalized spacial score (nSPS) is 9.25. The van der Waals surface area contributed by atoms with Gasteiger partial charge in [0.25, 0.3) is 0 Å². The molecule has 0 aliphatic carbocycles. The van der Waals surface area contributed by atoms with Gasteiger partial charge in [0.05, 0.1) is 25.2 Å². The average molecular weight is 221 g/mol. The maximum absolute atomic E-state index is 10.7. The highest BCUT2D eigenvalue weighted by Gasteiger charge is 2.09. The van der Waals surface area contributed by atoms with Crippen molar-refractivity contribution in [3.05, 3.63) is 23.8 Å². The number of ether oxygens (including phenoxy) is 2. The van der Waals surface area contributed by atoms with Crippen LogP contribution in [0.1, 0.15) is 16.8 Å². The number of benzene rings is 1. The summed E-state index contributed by atoms with van der Waals surface area (Å²) in [6, 6.07) is 6.26. The first-order chi connectivity index (χ1) is 7.69. The van der Waals surface area contributed by atoms with Gasteiger partial charge in [0.15, 0.2) is 11.5 Å². The van der Waals surface area contributed by atoms with Crippen LogP contribution in [0.3, 0.4) is 0 Å². The minimum Gasteiger partial charge on any atom is -0.493 e. The molecule has 0 radical (unpaired) electrons. The quantitative estimate of drug-likeness (QED) is 0.765. The monoisotopic (exact) mass is 221 g/mol. The molecule has 1 aromatic rings. The van der Waals surface area contributed by atoms with Crippen molar-refractivity contribution in [3.8, 4) is 17.6 Å². The van der Waals surface area contributed by atoms with E-state index in [4.69, 9.17) is 19.8 Å². The molecule has 0 aliphatic heterocycles. The van der Waals surface area contributed by atoms with Crippen LogP contribution in [0, 0.1) is 11.3 Å². The fourth-order valence-electron chi connectivity index (χ4n) is 1.13. The summed E-state index contributed by atoms with van der Waals surface area (Å²) in [6.07, 6.45) is 0.268. The molecule has 1 aromatic carbocycles. The van der Waals surface area contributed by atoms with Crippen LogP contribution in [0.25, 0.3) is 0 Å². The molecule has 0 atom stereocenters. The van der Waals surface area contributed by atoms with E-state index in [0.29, 0.717) is 11.5 Å². The number of hydrogen-bond acceptors (Lipinski definition) is 4. The molecule has 0 heterocycles. The Morgan fingerprint density at radius 1 is 1.50 bits per heavy atom. The number of methoxy groups -OCH3 is 1. The predicted molar refractivity (Wildman–Crippen MR) is 55.7 cm³/mol. The highest BCUT2D eigenvalue weighted by molar-refractivity contribution is 5.88. The van der Waals surface area contributed by atoms with Crippen molar-refractivity contribution in [1.82, 2.24) is 0 Å². The van der Waals surface area contributed by atoms with Gasteiger partial charge in [-0.3, -0.25) is 0 Å². The Bertz CT molecular complexity index is 422. The number of carboxylic acids is 1. The topological polar surface area (TPSA) is 79.6 Å². The van der Waals surface area contributed by atoms with E-state index in [-0.39, 0.29) is 18.6 Å². The lowest BCUT2D eigenvalue weighted by Crippen LogP contribution is -2.01. The third-order valence-corrected chi connectivity index (χ3v) is 1.88. The molecule has 5 heteroatoms. The maximum atomic E-state index is 10.7. The van der Waals surface area contributed by atoms with E-state index in [2.05, 4.69) is 0 Å². The van der Waals surface area contributed by atoms with Crippen LogP contribution >= 0.6 is 0 Å². The first-order valence-electron chi connectivity index (χ1n) is 4.60. The van der Waals surface area contributed by atoms with Crippen molar-refractivity contribution >= 4 is 5.97 Å². The van der Waals surface area contributed by atoms with Crippen LogP contribution in [0.15, 0.2) is 18.2 Å². The van der Waals surface area contributed by atoms with E-state index < -0.39 is 5.97 Å². The summed E-state index contributed by atoms with van der Waals surface area (Å²) in [5, 5.41) is 17.1. The fraction of sp³-hybridized carbons (Fsp3) is 0.273. The summed E-state index contributed by atoms with van der Waals surface area (Å²) in [4.78, 5) is 10.7. The summed E-state index contributed by atoms with van der Waals surface area (Å²) in [5.41, 5.74) is 0.129. The molecule has 1 rings (SSSR count). The molecule has 5 nitrogen and oxygen atoms in total. The van der Waals surface area contributed by atoms with Gasteiger partial charge < -0.3 is 14.6 Å². The first kappa shape index (κ1) is 11.9. The van der Waals surface area contributed by atoms with E-state index in [1.165, 1.54) is 25.3 Å². The molecule has 84 valence electrons. The standard InChI is InChI=1S/C11H11NO4/c1-15-10-7-8(11(13)14)3-4-9(10)16-6-2-5-12/h3-4,7H,2,6H2,1H3,(H,13,14). The van der Waals surface area contributed by atoms with E-state index in [0.717, 1.165) is 0 Å². The zero-order valence-electron chi connectivity index (χ0n) is 8.77. The van der Waals surface area contributed by atoms with E-state index in [9.17, 15) is 4.79 Å². The number of nitrogens with zero attached hydrogens (tertiary/aromatic N) is 1. The van der Waals surface area contributed by atoms with E-state index in [1.807, 2.05) is 6.07 Å². The zero-order valence-corrected chi connectivity index (χ0v) is 8.77. The van der Waals surface area contributed by atoms with Gasteiger partial charge in [-0.2, -0.15) is 5.26 Å². The minimum atomic E-state index is -1.03. The number of carboxylic acid groups (broad SMARTS) is 1. The molecule has 0 aliphatic rings. The maximum Gasteiger partial charge on any atom is 0.335 e. The second-order valence-electron chi connectivity index (χ2n) is 2.93. The summed E-state index contributed by atoms with van der Waals surface area (Å²) >= 11 is 0. The molecule has 16 heavy (non-hydrogen) atoms. The van der Waals surface area contributed by atoms with Gasteiger partial charge in [0.1, 0.15) is 6.61 Å². The van der Waals surface area contributed by atoms with Crippen molar-refractivity contribution in [2.75, 3.05) is 13.7 Å². The Labute approximate surface area is 92.8 Å². The highest BCUT2D eigenvalue weighted by atomic mass is 16.5. The number of nitriles is 1. The van der Waals surface area contributed by atoms with Crippen LogP contribution < -0.4 is 9.47 Å². The van der Waals surface area contributed by atoms with Gasteiger partial charge in [0.2, 0.25) is 0 Å². The average Bonchev–Trinajstić information content (AvgIpc) is 2.29. The predicted octanol–water partition coefficient (Wildman–Crippen LogP) is 1.69. The fourth-order valence-corrected chi connectivity index (χ4v) is 1.13. The van der Waals surface area contributed by atoms with E-state index >= 15 is 0 Å². The van der Waals surface area contributed by atoms with Gasteiger partial charge in [-0.15, -0.1) is 0 Å². The molecule has 0 saturated heterocycles. The van der Waals surface area contributed by atoms with Crippen LogP contribution in [0.4, 0.5) is 0 Å². The van der Waals surface area contributed by atoms with Crippen LogP contribution in [0.5, 0.6) is 11.5 Å². The van der Waals surface area contributed by atoms with Crippen LogP contribution in [-0.4, -0.2) is 24.8 Å². The minimum absolute atomic E-state index is 0.129. The van der Waals surface area contributed by atoms with Crippen molar-refractivity contribution in [3.63, 3.8) is 0 Å². The van der Waals surface area contributed by atoms with Crippen molar-refractivity contribution < 1.29 is 19.4 Å². The highest BCUT2D eigenvalue weighted by Crippen LogP contribution is 2.28. The summed E-state index contributed by atoms with van der Waals surface area (Å²) in [6.45, 7) is 0.249. The molecule has 0 saturated carbocycles. The lowest BCUT2D eigenvalue weighted by Gasteiger charge is -2.09. The Morgan fingerprint density at radius 2 is 2.25 bits per heavy atom. The number of hydrogen-bond donors (Lipinski definition) is 1. The summed E-state index contributed by atoms with van der Waals surface area (Å²) < 4.78 is 10.3. The van der Waals surface area contributed by atoms with Gasteiger partial charge in [-0.05, 0) is 18.2 Å². The first-order valence-corrected chi connectivity index (χ1v) is 4.60. The molecule has 0 unspecified atom stereocenters. The Balaban J connectivity index is 2.85. The molecule has 0 amide bonds. The molecular formula is C11H11NO4. The number of rotatable bonds is 5. The molecule has 0 fully saturated rings. The van der Waals surface area contributed by atoms with Crippen LogP contribution in [0.2, 0.25) is 0 Å². The molecular weight excluding hydrogens is 210 g/mol. The molecule has 0 spiro atoms. The lowest BCUT2D eigenvalue weighted by atomic mass is 10.2. The summed E-state index contributed by atoms with van der Waals surface area (Å²) in [7, 11) is 1.43. The SMILES string of the molecule is COc1cc(C(=O)O)ccc1OCCC#N. The van der Waals surface area contributed by atoms with Gasteiger partial charge in [-0.25, -0.2) is 4.79 Å². The molecule has 0 bridgehead atoms. The summed E-state index contributed by atoms with van der Waals surface area (Å²) in [5.74, 6) is -0.248. The Hall–Kier alpha value is -2.22. The van der Waals surface area contributed by atoms with Gasteiger partial charge in [-0.1, -0.05) is 0 Å². The second-order valence-corrected chi connectivity index (χ2v) is 2.93. The molecule has 1 N–H and O–H groups in total.